The zero-order valence-corrected chi connectivity index (χ0v) is 18.2. The van der Waals surface area contributed by atoms with Crippen LogP contribution < -0.4 is 0 Å². The molecule has 30 heavy (non-hydrogen) atoms. The fourth-order valence-corrected chi connectivity index (χ4v) is 4.51. The molecule has 2 aromatic rings. The van der Waals surface area contributed by atoms with Crippen molar-refractivity contribution in [1.29, 1.82) is 0 Å². The zero-order chi connectivity index (χ0) is 21.7. The fraction of sp³-hybridized carbons (Fsp3) is 0.296. The van der Waals surface area contributed by atoms with Gasteiger partial charge in [-0.1, -0.05) is 52.0 Å². The molecule has 0 heterocycles. The highest BCUT2D eigenvalue weighted by atomic mass is 16.3. The Bertz CT molecular complexity index is 1140. The molecule has 3 heteroatoms. The maximum Gasteiger partial charge on any atom is 0.182 e. The molecule has 1 atom stereocenters. The lowest BCUT2D eigenvalue weighted by molar-refractivity contribution is -0.111. The van der Waals surface area contributed by atoms with Gasteiger partial charge in [-0.15, -0.1) is 0 Å². The molecule has 2 aliphatic carbocycles. The molecule has 0 spiro atoms. The molecule has 154 valence electrons. The maximum atomic E-state index is 12.7. The monoisotopic (exact) mass is 400 g/mol. The number of hydrogen-bond donors (Lipinski definition) is 2. The lowest BCUT2D eigenvalue weighted by Crippen LogP contribution is -2.21. The van der Waals surface area contributed by atoms with Crippen LogP contribution in [-0.2, 0) is 4.79 Å². The van der Waals surface area contributed by atoms with Crippen LogP contribution in [0, 0.1) is 12.8 Å². The van der Waals surface area contributed by atoms with E-state index in [0.29, 0.717) is 11.3 Å². The highest BCUT2D eigenvalue weighted by Gasteiger charge is 2.34. The Labute approximate surface area is 178 Å². The summed E-state index contributed by atoms with van der Waals surface area (Å²) >= 11 is 0. The van der Waals surface area contributed by atoms with E-state index in [9.17, 15) is 15.0 Å². The predicted octanol–water partition coefficient (Wildman–Crippen LogP) is 5.76. The Balaban J connectivity index is 2.11. The second-order valence-corrected chi connectivity index (χ2v) is 8.88. The lowest BCUT2D eigenvalue weighted by atomic mass is 9.73. The van der Waals surface area contributed by atoms with Gasteiger partial charge in [-0.2, -0.15) is 0 Å². The summed E-state index contributed by atoms with van der Waals surface area (Å²) in [6.45, 7) is 10.1. The minimum atomic E-state index is -0.837. The van der Waals surface area contributed by atoms with Crippen molar-refractivity contribution in [3.63, 3.8) is 0 Å². The number of phenolic OH excluding ortho intramolecular Hbond substituents is 1. The molecule has 2 N–H and O–H groups in total. The number of phenols is 1. The van der Waals surface area contributed by atoms with Crippen molar-refractivity contribution in [3.05, 3.63) is 93.1 Å². The van der Waals surface area contributed by atoms with E-state index in [2.05, 4.69) is 19.9 Å². The first-order valence-corrected chi connectivity index (χ1v) is 10.5. The third-order valence-electron chi connectivity index (χ3n) is 6.16. The molecule has 2 aliphatic rings. The van der Waals surface area contributed by atoms with Crippen molar-refractivity contribution in [3.8, 4) is 5.75 Å². The van der Waals surface area contributed by atoms with Crippen LogP contribution in [-0.4, -0.2) is 16.0 Å². The second kappa shape index (κ2) is 7.41. The summed E-state index contributed by atoms with van der Waals surface area (Å²) in [4.78, 5) is 12.7. The summed E-state index contributed by atoms with van der Waals surface area (Å²) in [5.41, 5.74) is 7.93. The van der Waals surface area contributed by atoms with Crippen molar-refractivity contribution in [1.82, 2.24) is 0 Å². The maximum absolute atomic E-state index is 12.7. The van der Waals surface area contributed by atoms with Gasteiger partial charge in [0.2, 0.25) is 0 Å². The first-order chi connectivity index (χ1) is 14.2. The number of aliphatic hydroxyl groups is 1. The molecule has 0 radical (unpaired) electrons. The number of aromatic hydroxyl groups is 1. The normalized spacial score (nSPS) is 18.4. The summed E-state index contributed by atoms with van der Waals surface area (Å²) < 4.78 is 0. The molecule has 2 aromatic carbocycles. The molecule has 3 nitrogen and oxygen atoms in total. The summed E-state index contributed by atoms with van der Waals surface area (Å²) in [7, 11) is 0. The van der Waals surface area contributed by atoms with E-state index in [1.807, 2.05) is 57.2 Å². The molecule has 0 aliphatic heterocycles. The highest BCUT2D eigenvalue weighted by Crippen LogP contribution is 2.48. The van der Waals surface area contributed by atoms with Gasteiger partial charge < -0.3 is 10.2 Å². The van der Waals surface area contributed by atoms with Crippen LogP contribution >= 0.6 is 0 Å². The van der Waals surface area contributed by atoms with Gasteiger partial charge in [-0.3, -0.25) is 4.79 Å². The van der Waals surface area contributed by atoms with Crippen LogP contribution in [0.2, 0.25) is 0 Å². The largest absolute Gasteiger partial charge is 0.508 e. The average molecular weight is 401 g/mol. The van der Waals surface area contributed by atoms with Crippen LogP contribution in [0.1, 0.15) is 67.5 Å². The van der Waals surface area contributed by atoms with Crippen LogP contribution in [0.3, 0.4) is 0 Å². The van der Waals surface area contributed by atoms with E-state index >= 15 is 0 Å². The van der Waals surface area contributed by atoms with Gasteiger partial charge in [0, 0.05) is 5.57 Å². The van der Waals surface area contributed by atoms with E-state index in [0.717, 1.165) is 44.5 Å². The number of rotatable bonds is 3. The molecule has 0 saturated carbocycles. The Kier molecular flexibility index (Phi) is 5.03. The van der Waals surface area contributed by atoms with Gasteiger partial charge in [0.25, 0.3) is 0 Å². The number of fused-ring (bicyclic) bond motifs is 2. The van der Waals surface area contributed by atoms with E-state index in [-0.39, 0.29) is 17.6 Å². The molecular formula is C27H28O3. The highest BCUT2D eigenvalue weighted by molar-refractivity contribution is 6.09. The van der Waals surface area contributed by atoms with Gasteiger partial charge in [0.1, 0.15) is 11.9 Å². The third-order valence-corrected chi connectivity index (χ3v) is 6.16. The first-order valence-electron chi connectivity index (χ1n) is 10.5. The molecule has 1 unspecified atom stereocenters. The number of aliphatic hydroxyl groups excluding tert-OH is 1. The SMILES string of the molecule is Cc1cc(O)c(C(C)C)cc1C1=C2C=C(C(C)C)C(=O)C=C2C(O)c2ccccc21. The van der Waals surface area contributed by atoms with Crippen LogP contribution in [0.5, 0.6) is 5.75 Å². The van der Waals surface area contributed by atoms with Crippen molar-refractivity contribution in [2.24, 2.45) is 5.92 Å². The molecule has 0 saturated heterocycles. The van der Waals surface area contributed by atoms with Crippen molar-refractivity contribution < 1.29 is 15.0 Å². The van der Waals surface area contributed by atoms with Gasteiger partial charge in [0.05, 0.1) is 0 Å². The Morgan fingerprint density at radius 2 is 1.63 bits per heavy atom. The van der Waals surface area contributed by atoms with Crippen LogP contribution in [0.4, 0.5) is 0 Å². The standard InChI is InChI=1S/C27H28O3/c1-14(2)19-11-21(16(5)10-24(19)28)26-17-8-6-7-9-18(17)27(30)23-13-25(29)20(15(3)4)12-22(23)26/h6-15,27-28,30H,1-5H3. The Hall–Kier alpha value is -2.91. The quantitative estimate of drug-likeness (QED) is 0.688. The smallest absolute Gasteiger partial charge is 0.182 e. The molecule has 0 bridgehead atoms. The van der Waals surface area contributed by atoms with Crippen molar-refractivity contribution in [2.75, 3.05) is 0 Å². The minimum Gasteiger partial charge on any atom is -0.508 e. The molecular weight excluding hydrogens is 372 g/mol. The van der Waals surface area contributed by atoms with Gasteiger partial charge in [-0.25, -0.2) is 0 Å². The molecule has 0 aromatic heterocycles. The number of carbonyl (C=O) groups is 1. The van der Waals surface area contributed by atoms with Crippen LogP contribution in [0.15, 0.2) is 65.3 Å². The van der Waals surface area contributed by atoms with Gasteiger partial charge in [0.15, 0.2) is 5.78 Å². The van der Waals surface area contributed by atoms with Crippen molar-refractivity contribution in [2.45, 2.75) is 46.6 Å². The first kappa shape index (κ1) is 20.4. The summed E-state index contributed by atoms with van der Waals surface area (Å²) in [5.74, 6) is 0.524. The summed E-state index contributed by atoms with van der Waals surface area (Å²) in [6.07, 6.45) is 2.72. The third kappa shape index (κ3) is 3.14. The van der Waals surface area contributed by atoms with Gasteiger partial charge >= 0.3 is 0 Å². The zero-order valence-electron chi connectivity index (χ0n) is 18.2. The predicted molar refractivity (Wildman–Crippen MR) is 120 cm³/mol. The number of aryl methyl sites for hydroxylation is 1. The number of benzene rings is 2. The minimum absolute atomic E-state index is 0.0353. The molecule has 0 amide bonds. The summed E-state index contributed by atoms with van der Waals surface area (Å²) in [5, 5.41) is 21.6. The number of carbonyl (C=O) groups excluding carboxylic acids is 1. The Morgan fingerprint density at radius 1 is 0.933 bits per heavy atom. The second-order valence-electron chi connectivity index (χ2n) is 8.88. The number of ketones is 1. The van der Waals surface area contributed by atoms with Crippen molar-refractivity contribution >= 4 is 11.4 Å². The van der Waals surface area contributed by atoms with E-state index in [1.54, 1.807) is 6.08 Å². The topological polar surface area (TPSA) is 57.5 Å². The molecule has 4 rings (SSSR count). The number of hydrogen-bond acceptors (Lipinski definition) is 3. The van der Waals surface area contributed by atoms with E-state index in [4.69, 9.17) is 0 Å². The lowest BCUT2D eigenvalue weighted by Gasteiger charge is -2.32. The number of allylic oxidation sites excluding steroid dienone is 3. The fourth-order valence-electron chi connectivity index (χ4n) is 4.51. The molecule has 0 fully saturated rings. The van der Waals surface area contributed by atoms with E-state index < -0.39 is 6.10 Å². The van der Waals surface area contributed by atoms with E-state index in [1.165, 1.54) is 0 Å². The van der Waals surface area contributed by atoms with Crippen LogP contribution in [0.25, 0.3) is 5.57 Å². The van der Waals surface area contributed by atoms with Gasteiger partial charge in [-0.05, 0) is 87.6 Å². The Morgan fingerprint density at radius 3 is 2.30 bits per heavy atom. The summed E-state index contributed by atoms with van der Waals surface area (Å²) in [6, 6.07) is 11.7. The average Bonchev–Trinajstić information content (AvgIpc) is 2.69.